The van der Waals surface area contributed by atoms with Crippen molar-refractivity contribution in [1.82, 2.24) is 14.5 Å². The van der Waals surface area contributed by atoms with E-state index in [0.717, 1.165) is 11.4 Å². The molecule has 3 heterocycles. The van der Waals surface area contributed by atoms with E-state index in [1.165, 1.54) is 18.5 Å². The summed E-state index contributed by atoms with van der Waals surface area (Å²) in [6.45, 7) is 0. The minimum absolute atomic E-state index is 0.0311. The number of nitrogens with zero attached hydrogens (tertiary/aromatic N) is 3. The van der Waals surface area contributed by atoms with E-state index in [1.807, 2.05) is 23.0 Å². The average molecular weight is 257 g/mol. The fourth-order valence-corrected chi connectivity index (χ4v) is 2.31. The molecule has 4 rings (SSSR count). The van der Waals surface area contributed by atoms with Crippen molar-refractivity contribution < 1.29 is 9.47 Å². The van der Waals surface area contributed by atoms with Crippen LogP contribution in [-0.2, 0) is 9.47 Å². The highest BCUT2D eigenvalue weighted by atomic mass is 16.8. The Kier molecular flexibility index (Phi) is 2.43. The number of imidazole rings is 1. The van der Waals surface area contributed by atoms with E-state index in [2.05, 4.69) is 16.2 Å². The first-order valence-electron chi connectivity index (χ1n) is 6.53. The quantitative estimate of drug-likeness (QED) is 0.788. The second-order valence-corrected chi connectivity index (χ2v) is 5.08. The maximum absolute atomic E-state index is 5.39. The Labute approximate surface area is 111 Å². The molecule has 2 unspecified atom stereocenters. The van der Waals surface area contributed by atoms with Crippen LogP contribution in [0.15, 0.2) is 30.9 Å². The summed E-state index contributed by atoms with van der Waals surface area (Å²) in [4.78, 5) is 8.80. The fourth-order valence-electron chi connectivity index (χ4n) is 2.31. The molecule has 0 radical (unpaired) electrons. The van der Waals surface area contributed by atoms with Gasteiger partial charge in [0.05, 0.1) is 17.7 Å². The molecule has 1 saturated carbocycles. The average Bonchev–Trinajstić information content (AvgIpc) is 3.37. The van der Waals surface area contributed by atoms with Gasteiger partial charge in [0, 0.05) is 31.1 Å². The number of aromatic nitrogens is 3. The van der Waals surface area contributed by atoms with Gasteiger partial charge in [0.2, 0.25) is 0 Å². The highest BCUT2D eigenvalue weighted by Crippen LogP contribution is 2.40. The Hall–Kier alpha value is -1.72. The lowest BCUT2D eigenvalue weighted by Crippen LogP contribution is -1.97. The summed E-state index contributed by atoms with van der Waals surface area (Å²) in [5, 5.41) is 0. The highest BCUT2D eigenvalue weighted by molar-refractivity contribution is 5.35. The minimum Gasteiger partial charge on any atom is -0.353 e. The molecule has 2 atom stereocenters. The van der Waals surface area contributed by atoms with Crippen LogP contribution in [0.1, 0.15) is 36.3 Å². The third-order valence-electron chi connectivity index (χ3n) is 3.64. The first-order valence-corrected chi connectivity index (χ1v) is 6.53. The first-order chi connectivity index (χ1) is 9.35. The Balaban J connectivity index is 1.61. The van der Waals surface area contributed by atoms with E-state index < -0.39 is 0 Å². The topological polar surface area (TPSA) is 52.5 Å². The van der Waals surface area contributed by atoms with Crippen molar-refractivity contribution in [2.24, 2.45) is 0 Å². The summed E-state index contributed by atoms with van der Waals surface area (Å²) in [5.74, 6) is 0.673. The molecule has 0 aromatic carbocycles. The van der Waals surface area contributed by atoms with Crippen molar-refractivity contribution in [2.45, 2.75) is 31.2 Å². The normalized spacial score (nSPS) is 25.5. The van der Waals surface area contributed by atoms with Crippen LogP contribution in [0.3, 0.4) is 0 Å². The van der Waals surface area contributed by atoms with E-state index >= 15 is 0 Å². The number of hydrogen-bond acceptors (Lipinski definition) is 4. The van der Waals surface area contributed by atoms with Gasteiger partial charge in [-0.25, -0.2) is 4.98 Å². The minimum atomic E-state index is -0.146. The molecule has 2 aliphatic rings. The van der Waals surface area contributed by atoms with Gasteiger partial charge in [0.1, 0.15) is 0 Å². The van der Waals surface area contributed by atoms with Gasteiger partial charge in [0.15, 0.2) is 12.4 Å². The number of methoxy groups -OCH3 is 1. The zero-order valence-electron chi connectivity index (χ0n) is 10.7. The molecule has 2 fully saturated rings. The van der Waals surface area contributed by atoms with Gasteiger partial charge in [0.25, 0.3) is 0 Å². The molecule has 0 spiro atoms. The van der Waals surface area contributed by atoms with Gasteiger partial charge in [-0.3, -0.25) is 4.98 Å². The summed E-state index contributed by atoms with van der Waals surface area (Å²) >= 11 is 0. The van der Waals surface area contributed by atoms with Crippen molar-refractivity contribution in [1.29, 1.82) is 0 Å². The van der Waals surface area contributed by atoms with Crippen molar-refractivity contribution in [3.8, 4) is 5.69 Å². The van der Waals surface area contributed by atoms with Crippen LogP contribution in [0, 0.1) is 0 Å². The zero-order chi connectivity index (χ0) is 12.8. The molecule has 5 nitrogen and oxygen atoms in total. The maximum Gasteiger partial charge on any atom is 0.190 e. The molecule has 2 aromatic rings. The molecule has 0 bridgehead atoms. The van der Waals surface area contributed by atoms with Crippen LogP contribution in [0.5, 0.6) is 0 Å². The lowest BCUT2D eigenvalue weighted by molar-refractivity contribution is 0.0950. The van der Waals surface area contributed by atoms with Crippen molar-refractivity contribution >= 4 is 0 Å². The molecule has 1 saturated heterocycles. The Morgan fingerprint density at radius 3 is 2.95 bits per heavy atom. The molecule has 2 aromatic heterocycles. The van der Waals surface area contributed by atoms with E-state index in [4.69, 9.17) is 9.47 Å². The van der Waals surface area contributed by atoms with Crippen LogP contribution in [0.25, 0.3) is 5.69 Å². The molecular weight excluding hydrogens is 242 g/mol. The van der Waals surface area contributed by atoms with Gasteiger partial charge >= 0.3 is 0 Å². The third kappa shape index (κ3) is 2.05. The summed E-state index contributed by atoms with van der Waals surface area (Å²) in [5.41, 5.74) is 3.16. The number of ether oxygens (including phenoxy) is 2. The van der Waals surface area contributed by atoms with E-state index in [-0.39, 0.29) is 12.4 Å². The smallest absolute Gasteiger partial charge is 0.190 e. The number of pyridine rings is 1. The SMILES string of the molecule is COC1OC1c1cc(-n2cnc(C3CC3)c2)ccn1. The van der Waals surface area contributed by atoms with Crippen LogP contribution in [-0.4, -0.2) is 27.9 Å². The van der Waals surface area contributed by atoms with E-state index in [9.17, 15) is 0 Å². The first kappa shape index (κ1) is 11.1. The van der Waals surface area contributed by atoms with Crippen LogP contribution >= 0.6 is 0 Å². The molecule has 0 N–H and O–H groups in total. The number of epoxide rings is 1. The lowest BCUT2D eigenvalue weighted by Gasteiger charge is -2.03. The van der Waals surface area contributed by atoms with Crippen LogP contribution < -0.4 is 0 Å². The maximum atomic E-state index is 5.39. The largest absolute Gasteiger partial charge is 0.353 e. The van der Waals surface area contributed by atoms with Gasteiger partial charge in [-0.05, 0) is 25.0 Å². The summed E-state index contributed by atoms with van der Waals surface area (Å²) in [6.07, 6.45) is 8.14. The number of rotatable bonds is 4. The van der Waals surface area contributed by atoms with E-state index in [0.29, 0.717) is 5.92 Å². The van der Waals surface area contributed by atoms with Gasteiger partial charge < -0.3 is 14.0 Å². The Bertz CT molecular complexity index is 606. The van der Waals surface area contributed by atoms with Crippen LogP contribution in [0.4, 0.5) is 0 Å². The standard InChI is InChI=1S/C14H15N3O2/c1-18-14-13(19-14)11-6-10(4-5-15-11)17-7-12(16-8-17)9-2-3-9/h4-9,13-14H,2-3H2,1H3. The predicted octanol–water partition coefficient (Wildman–Crippen LogP) is 2.19. The highest BCUT2D eigenvalue weighted by Gasteiger charge is 2.41. The third-order valence-corrected chi connectivity index (χ3v) is 3.64. The Morgan fingerprint density at radius 1 is 1.32 bits per heavy atom. The second kappa shape index (κ2) is 4.15. The van der Waals surface area contributed by atoms with Crippen molar-refractivity contribution in [3.05, 3.63) is 42.2 Å². The Morgan fingerprint density at radius 2 is 2.21 bits per heavy atom. The summed E-state index contributed by atoms with van der Waals surface area (Å²) < 4.78 is 12.6. The molecule has 1 aliphatic heterocycles. The molecule has 1 aliphatic carbocycles. The van der Waals surface area contributed by atoms with Gasteiger partial charge in [-0.15, -0.1) is 0 Å². The van der Waals surface area contributed by atoms with Gasteiger partial charge in [-0.1, -0.05) is 0 Å². The molecule has 19 heavy (non-hydrogen) atoms. The molecule has 5 heteroatoms. The van der Waals surface area contributed by atoms with E-state index in [1.54, 1.807) is 13.3 Å². The van der Waals surface area contributed by atoms with Crippen molar-refractivity contribution in [3.63, 3.8) is 0 Å². The van der Waals surface area contributed by atoms with Crippen molar-refractivity contribution in [2.75, 3.05) is 7.11 Å². The predicted molar refractivity (Wildman–Crippen MR) is 68.0 cm³/mol. The fraction of sp³-hybridized carbons (Fsp3) is 0.429. The monoisotopic (exact) mass is 257 g/mol. The molecular formula is C14H15N3O2. The summed E-state index contributed by atoms with van der Waals surface area (Å²) in [7, 11) is 1.65. The number of hydrogen-bond donors (Lipinski definition) is 0. The second-order valence-electron chi connectivity index (χ2n) is 5.08. The molecule has 0 amide bonds. The van der Waals surface area contributed by atoms with Gasteiger partial charge in [-0.2, -0.15) is 0 Å². The summed E-state index contributed by atoms with van der Waals surface area (Å²) in [6, 6.07) is 4.01. The molecule has 98 valence electrons. The van der Waals surface area contributed by atoms with Crippen LogP contribution in [0.2, 0.25) is 0 Å². The lowest BCUT2D eigenvalue weighted by atomic mass is 10.2. The zero-order valence-corrected chi connectivity index (χ0v) is 10.7.